The molecule has 88 valence electrons. The number of benzene rings is 1. The van der Waals surface area contributed by atoms with Crippen molar-refractivity contribution in [1.82, 2.24) is 0 Å². The molecule has 0 spiro atoms. The summed E-state index contributed by atoms with van der Waals surface area (Å²) < 4.78 is 26.9. The fraction of sp³-hybridized carbons (Fsp3) is 0.300. The lowest BCUT2D eigenvalue weighted by atomic mass is 10.2. The molecule has 0 fully saturated rings. The van der Waals surface area contributed by atoms with Gasteiger partial charge in [0.1, 0.15) is 5.69 Å². The Hall–Kier alpha value is -0.680. The summed E-state index contributed by atoms with van der Waals surface area (Å²) in [5.74, 6) is -2.60. The van der Waals surface area contributed by atoms with Crippen LogP contribution in [0.5, 0.6) is 0 Å². The first-order chi connectivity index (χ1) is 7.45. The van der Waals surface area contributed by atoms with Gasteiger partial charge >= 0.3 is 0 Å². The number of alkyl halides is 1. The van der Waals surface area contributed by atoms with Gasteiger partial charge in [0, 0.05) is 16.3 Å². The van der Waals surface area contributed by atoms with Crippen molar-refractivity contribution in [2.24, 2.45) is 5.92 Å². The first kappa shape index (κ1) is 13.4. The lowest BCUT2D eigenvalue weighted by Crippen LogP contribution is -2.22. The van der Waals surface area contributed by atoms with Gasteiger partial charge < -0.3 is 5.32 Å². The summed E-state index contributed by atoms with van der Waals surface area (Å²) in [7, 11) is 0. The Labute approximate surface area is 105 Å². The average molecular weight is 313 g/mol. The van der Waals surface area contributed by atoms with Crippen LogP contribution >= 0.6 is 27.5 Å². The minimum atomic E-state index is -0.831. The molecular weight excluding hydrogens is 303 g/mol. The second-order valence-corrected chi connectivity index (χ2v) is 4.51. The highest BCUT2D eigenvalue weighted by atomic mass is 79.9. The third kappa shape index (κ3) is 3.15. The number of nitrogens with one attached hydrogen (secondary N) is 1. The fourth-order valence-corrected chi connectivity index (χ4v) is 1.52. The third-order valence-corrected chi connectivity index (χ3v) is 2.85. The van der Waals surface area contributed by atoms with Crippen molar-refractivity contribution >= 4 is 39.1 Å². The van der Waals surface area contributed by atoms with E-state index in [4.69, 9.17) is 11.6 Å². The Morgan fingerprint density at radius 3 is 2.44 bits per heavy atom. The van der Waals surface area contributed by atoms with E-state index in [1.165, 1.54) is 0 Å². The minimum Gasteiger partial charge on any atom is -0.321 e. The molecule has 1 aromatic rings. The zero-order valence-electron chi connectivity index (χ0n) is 8.36. The number of amides is 1. The van der Waals surface area contributed by atoms with Crippen molar-refractivity contribution in [2.75, 3.05) is 11.2 Å². The van der Waals surface area contributed by atoms with E-state index in [0.29, 0.717) is 0 Å². The number of rotatable bonds is 3. The molecule has 1 aromatic carbocycles. The molecule has 0 aliphatic heterocycles. The first-order valence-electron chi connectivity index (χ1n) is 4.47. The highest BCUT2D eigenvalue weighted by Crippen LogP contribution is 2.24. The smallest absolute Gasteiger partial charge is 0.228 e. The van der Waals surface area contributed by atoms with E-state index in [-0.39, 0.29) is 10.4 Å². The maximum atomic E-state index is 13.3. The second kappa shape index (κ2) is 5.59. The van der Waals surface area contributed by atoms with E-state index in [1.54, 1.807) is 6.92 Å². The number of hydrogen-bond acceptors (Lipinski definition) is 1. The van der Waals surface area contributed by atoms with Crippen LogP contribution in [0.1, 0.15) is 6.92 Å². The van der Waals surface area contributed by atoms with Gasteiger partial charge in [-0.3, -0.25) is 4.79 Å². The van der Waals surface area contributed by atoms with Gasteiger partial charge in [0.05, 0.1) is 0 Å². The molecule has 0 aromatic heterocycles. The fourth-order valence-electron chi connectivity index (χ4n) is 0.978. The summed E-state index contributed by atoms with van der Waals surface area (Å²) in [5, 5.41) is 2.16. The van der Waals surface area contributed by atoms with E-state index < -0.39 is 29.1 Å². The van der Waals surface area contributed by atoms with Gasteiger partial charge in [-0.05, 0) is 12.1 Å². The van der Waals surface area contributed by atoms with E-state index in [0.717, 1.165) is 12.1 Å². The van der Waals surface area contributed by atoms with Gasteiger partial charge in [-0.25, -0.2) is 8.78 Å². The van der Waals surface area contributed by atoms with Gasteiger partial charge in [0.15, 0.2) is 11.6 Å². The Bertz CT molecular complexity index is 391. The zero-order valence-corrected chi connectivity index (χ0v) is 10.7. The van der Waals surface area contributed by atoms with Gasteiger partial charge in [-0.2, -0.15) is 0 Å². The maximum absolute atomic E-state index is 13.3. The Morgan fingerprint density at radius 2 is 2.00 bits per heavy atom. The van der Waals surface area contributed by atoms with E-state index >= 15 is 0 Å². The van der Waals surface area contributed by atoms with Crippen LogP contribution in [0.4, 0.5) is 14.5 Å². The van der Waals surface area contributed by atoms with Crippen LogP contribution in [-0.2, 0) is 4.79 Å². The van der Waals surface area contributed by atoms with E-state index in [9.17, 15) is 13.6 Å². The van der Waals surface area contributed by atoms with Crippen molar-refractivity contribution < 1.29 is 13.6 Å². The maximum Gasteiger partial charge on any atom is 0.228 e. The molecule has 0 saturated carbocycles. The van der Waals surface area contributed by atoms with Gasteiger partial charge in [-0.1, -0.05) is 22.9 Å². The molecule has 0 aliphatic rings. The summed E-state index contributed by atoms with van der Waals surface area (Å²) in [5.41, 5.74) is -0.454. The Kier molecular flexibility index (Phi) is 4.68. The molecule has 1 N–H and O–H groups in total. The third-order valence-electron chi connectivity index (χ3n) is 1.93. The molecule has 6 heteroatoms. The van der Waals surface area contributed by atoms with Crippen LogP contribution in [0.15, 0.2) is 16.6 Å². The molecule has 1 unspecified atom stereocenters. The molecule has 0 radical (unpaired) electrons. The van der Waals surface area contributed by atoms with E-state index in [1.807, 2.05) is 0 Å². The molecule has 0 heterocycles. The summed E-state index contributed by atoms with van der Waals surface area (Å²) in [6, 6.07) is 2.15. The molecular formula is C10H9BrClF2NO. The van der Waals surface area contributed by atoms with Crippen LogP contribution in [0.3, 0.4) is 0 Å². The highest BCUT2D eigenvalue weighted by molar-refractivity contribution is 9.10. The van der Waals surface area contributed by atoms with Crippen LogP contribution in [0.25, 0.3) is 0 Å². The van der Waals surface area contributed by atoms with Crippen molar-refractivity contribution in [3.05, 3.63) is 28.2 Å². The zero-order chi connectivity index (χ0) is 12.3. The predicted molar refractivity (Wildman–Crippen MR) is 62.6 cm³/mol. The largest absolute Gasteiger partial charge is 0.321 e. The van der Waals surface area contributed by atoms with Crippen molar-refractivity contribution in [3.8, 4) is 0 Å². The number of hydrogen-bond donors (Lipinski definition) is 1. The van der Waals surface area contributed by atoms with Crippen molar-refractivity contribution in [1.29, 1.82) is 0 Å². The standard InChI is InChI=1S/C10H9BrClF2NO/c1-5(4-12)10(16)15-9-7(13)2-6(11)3-8(9)14/h2-3,5H,4H2,1H3,(H,15,16). The Morgan fingerprint density at radius 1 is 1.50 bits per heavy atom. The molecule has 1 amide bonds. The average Bonchev–Trinajstić information content (AvgIpc) is 2.21. The van der Waals surface area contributed by atoms with Crippen molar-refractivity contribution in [3.63, 3.8) is 0 Å². The minimum absolute atomic E-state index is 0.0889. The highest BCUT2D eigenvalue weighted by Gasteiger charge is 2.17. The molecule has 0 bridgehead atoms. The topological polar surface area (TPSA) is 29.1 Å². The van der Waals surface area contributed by atoms with Gasteiger partial charge in [-0.15, -0.1) is 11.6 Å². The number of halogens is 4. The quantitative estimate of drug-likeness (QED) is 0.850. The monoisotopic (exact) mass is 311 g/mol. The van der Waals surface area contributed by atoms with Gasteiger partial charge in [0.25, 0.3) is 0 Å². The summed E-state index contributed by atoms with van der Waals surface area (Å²) in [6.07, 6.45) is 0. The van der Waals surface area contributed by atoms with Crippen LogP contribution in [0, 0.1) is 17.6 Å². The Balaban J connectivity index is 2.93. The lowest BCUT2D eigenvalue weighted by Gasteiger charge is -2.11. The van der Waals surface area contributed by atoms with Crippen LogP contribution < -0.4 is 5.32 Å². The van der Waals surface area contributed by atoms with E-state index in [2.05, 4.69) is 21.2 Å². The number of carbonyl (C=O) groups excluding carboxylic acids is 1. The molecule has 16 heavy (non-hydrogen) atoms. The predicted octanol–water partition coefficient (Wildman–Crippen LogP) is 3.54. The summed E-state index contributed by atoms with van der Waals surface area (Å²) in [6.45, 7) is 1.57. The first-order valence-corrected chi connectivity index (χ1v) is 5.79. The summed E-state index contributed by atoms with van der Waals surface area (Å²) >= 11 is 8.40. The molecule has 2 nitrogen and oxygen atoms in total. The summed E-state index contributed by atoms with van der Waals surface area (Å²) in [4.78, 5) is 11.4. The molecule has 1 atom stereocenters. The van der Waals surface area contributed by atoms with Crippen molar-refractivity contribution in [2.45, 2.75) is 6.92 Å². The number of carbonyl (C=O) groups is 1. The SMILES string of the molecule is CC(CCl)C(=O)Nc1c(F)cc(Br)cc1F. The molecule has 0 aliphatic carbocycles. The normalized spacial score (nSPS) is 12.3. The molecule has 0 saturated heterocycles. The second-order valence-electron chi connectivity index (χ2n) is 3.29. The van der Waals surface area contributed by atoms with Crippen LogP contribution in [0.2, 0.25) is 0 Å². The lowest BCUT2D eigenvalue weighted by molar-refractivity contribution is -0.118. The number of anilines is 1. The van der Waals surface area contributed by atoms with Gasteiger partial charge in [0.2, 0.25) is 5.91 Å². The van der Waals surface area contributed by atoms with Crippen LogP contribution in [-0.4, -0.2) is 11.8 Å². The molecule has 1 rings (SSSR count).